The number of Topliss-reactive ketones (excluding diaryl/α,β-unsaturated/α-hetero) is 1. The van der Waals surface area contributed by atoms with Crippen LogP contribution >= 0.6 is 0 Å². The third kappa shape index (κ3) is 2.87. The van der Waals surface area contributed by atoms with Gasteiger partial charge < -0.3 is 14.2 Å². The summed E-state index contributed by atoms with van der Waals surface area (Å²) in [7, 11) is 0. The Morgan fingerprint density at radius 3 is 2.41 bits per heavy atom. The molecule has 120 valence electrons. The number of ketones is 1. The van der Waals surface area contributed by atoms with Crippen LogP contribution in [0.4, 0.5) is 4.79 Å². The van der Waals surface area contributed by atoms with Gasteiger partial charge in [-0.25, -0.2) is 4.79 Å². The van der Waals surface area contributed by atoms with Crippen LogP contribution in [0.2, 0.25) is 0 Å². The molecule has 0 spiro atoms. The van der Waals surface area contributed by atoms with Crippen molar-refractivity contribution in [1.82, 2.24) is 10.1 Å². The summed E-state index contributed by atoms with van der Waals surface area (Å²) in [6.45, 7) is 5.61. The van der Waals surface area contributed by atoms with Crippen LogP contribution in [0, 0.1) is 5.92 Å². The van der Waals surface area contributed by atoms with Crippen LogP contribution in [0.25, 0.3) is 0 Å². The fourth-order valence-electron chi connectivity index (χ4n) is 3.57. The van der Waals surface area contributed by atoms with Crippen molar-refractivity contribution < 1.29 is 18.8 Å². The van der Waals surface area contributed by atoms with Gasteiger partial charge in [0.15, 0.2) is 5.78 Å². The van der Waals surface area contributed by atoms with Crippen molar-refractivity contribution >= 4 is 11.9 Å². The van der Waals surface area contributed by atoms with Gasteiger partial charge in [-0.3, -0.25) is 4.79 Å². The Morgan fingerprint density at radius 1 is 1.27 bits per heavy atom. The van der Waals surface area contributed by atoms with E-state index in [1.54, 1.807) is 0 Å². The van der Waals surface area contributed by atoms with Crippen LogP contribution in [0.5, 0.6) is 0 Å². The molecule has 0 aliphatic carbocycles. The van der Waals surface area contributed by atoms with Crippen molar-refractivity contribution in [2.45, 2.75) is 64.1 Å². The Bertz CT molecular complexity index is 547. The molecule has 6 nitrogen and oxygen atoms in total. The van der Waals surface area contributed by atoms with Gasteiger partial charge in [0, 0.05) is 18.0 Å². The molecule has 2 aliphatic heterocycles. The highest BCUT2D eigenvalue weighted by atomic mass is 16.6. The first kappa shape index (κ1) is 15.1. The molecule has 3 rings (SSSR count). The fourth-order valence-corrected chi connectivity index (χ4v) is 3.57. The summed E-state index contributed by atoms with van der Waals surface area (Å²) in [6.07, 6.45) is 5.87. The minimum absolute atomic E-state index is 0.0596. The van der Waals surface area contributed by atoms with Gasteiger partial charge in [-0.1, -0.05) is 5.16 Å². The molecule has 0 radical (unpaired) electrons. The van der Waals surface area contributed by atoms with Crippen LogP contribution < -0.4 is 0 Å². The van der Waals surface area contributed by atoms with E-state index in [1.165, 1.54) is 12.5 Å². The molecule has 1 aromatic rings. The quantitative estimate of drug-likeness (QED) is 0.785. The maximum absolute atomic E-state index is 12.5. The molecule has 3 heterocycles. The van der Waals surface area contributed by atoms with E-state index in [2.05, 4.69) is 5.16 Å². The Hall–Kier alpha value is -1.85. The number of fused-ring (bicyclic) bond motifs is 2. The highest BCUT2D eigenvalue weighted by Crippen LogP contribution is 2.40. The lowest BCUT2D eigenvalue weighted by molar-refractivity contribution is 0.00253. The van der Waals surface area contributed by atoms with Crippen molar-refractivity contribution in [2.75, 3.05) is 0 Å². The average molecular weight is 306 g/mol. The lowest BCUT2D eigenvalue weighted by Crippen LogP contribution is -2.49. The van der Waals surface area contributed by atoms with E-state index in [1.807, 2.05) is 25.7 Å². The zero-order valence-corrected chi connectivity index (χ0v) is 13.2. The number of rotatable bonds is 2. The summed E-state index contributed by atoms with van der Waals surface area (Å²) in [6, 6.07) is 0.199. The Kier molecular flexibility index (Phi) is 3.70. The molecule has 1 amide bonds. The number of piperidine rings is 1. The van der Waals surface area contributed by atoms with Crippen LogP contribution in [0.3, 0.4) is 0 Å². The molecule has 2 fully saturated rings. The summed E-state index contributed by atoms with van der Waals surface area (Å²) >= 11 is 0. The zero-order chi connectivity index (χ0) is 15.9. The number of nitrogens with zero attached hydrogens (tertiary/aromatic N) is 2. The van der Waals surface area contributed by atoms with Gasteiger partial charge in [0.2, 0.25) is 0 Å². The molecule has 2 atom stereocenters. The molecule has 0 saturated carbocycles. The highest BCUT2D eigenvalue weighted by molar-refractivity contribution is 5.97. The number of ether oxygens (including phenoxy) is 1. The molecule has 2 aliphatic rings. The highest BCUT2D eigenvalue weighted by Gasteiger charge is 2.46. The van der Waals surface area contributed by atoms with Gasteiger partial charge in [-0.2, -0.15) is 0 Å². The first-order valence-electron chi connectivity index (χ1n) is 7.80. The van der Waals surface area contributed by atoms with Gasteiger partial charge in [-0.05, 0) is 46.5 Å². The Morgan fingerprint density at radius 2 is 1.91 bits per heavy atom. The van der Waals surface area contributed by atoms with Crippen molar-refractivity contribution in [3.05, 3.63) is 18.0 Å². The molecule has 1 aromatic heterocycles. The smallest absolute Gasteiger partial charge is 0.410 e. The van der Waals surface area contributed by atoms with Gasteiger partial charge in [0.25, 0.3) is 0 Å². The van der Waals surface area contributed by atoms with Crippen molar-refractivity contribution in [3.8, 4) is 0 Å². The zero-order valence-electron chi connectivity index (χ0n) is 13.2. The molecular weight excluding hydrogens is 284 g/mol. The van der Waals surface area contributed by atoms with Crippen molar-refractivity contribution in [2.24, 2.45) is 5.92 Å². The number of carbonyl (C=O) groups is 2. The second-order valence-corrected chi connectivity index (χ2v) is 7.22. The van der Waals surface area contributed by atoms with Gasteiger partial charge >= 0.3 is 6.09 Å². The average Bonchev–Trinajstić information content (AvgIpc) is 3.03. The molecule has 0 N–H and O–H groups in total. The third-order valence-corrected chi connectivity index (χ3v) is 4.43. The van der Waals surface area contributed by atoms with E-state index in [-0.39, 0.29) is 29.9 Å². The predicted octanol–water partition coefficient (Wildman–Crippen LogP) is 3.04. The van der Waals surface area contributed by atoms with Crippen LogP contribution in [0.1, 0.15) is 56.8 Å². The van der Waals surface area contributed by atoms with E-state index in [9.17, 15) is 9.59 Å². The molecule has 0 aromatic carbocycles. The first-order valence-corrected chi connectivity index (χ1v) is 7.80. The summed E-state index contributed by atoms with van der Waals surface area (Å²) < 4.78 is 10.3. The molecule has 22 heavy (non-hydrogen) atoms. The SMILES string of the molecule is CC(C)(C)OC(=O)N1C2CCC1CC(C(=O)c1cnoc1)C2. The second-order valence-electron chi connectivity index (χ2n) is 7.22. The number of amides is 1. The van der Waals surface area contributed by atoms with Gasteiger partial charge in [-0.15, -0.1) is 0 Å². The largest absolute Gasteiger partial charge is 0.444 e. The van der Waals surface area contributed by atoms with E-state index in [0.29, 0.717) is 18.4 Å². The Balaban J connectivity index is 1.69. The molecule has 6 heteroatoms. The van der Waals surface area contributed by atoms with Crippen LogP contribution in [0.15, 0.2) is 17.0 Å². The molecular formula is C16H22N2O4. The van der Waals surface area contributed by atoms with E-state index in [4.69, 9.17) is 9.26 Å². The fraction of sp³-hybridized carbons (Fsp3) is 0.688. The Labute approximate surface area is 129 Å². The van der Waals surface area contributed by atoms with Gasteiger partial charge in [0.05, 0.1) is 11.8 Å². The normalized spacial score (nSPS) is 27.8. The topological polar surface area (TPSA) is 72.6 Å². The molecule has 2 bridgehead atoms. The molecule has 2 saturated heterocycles. The van der Waals surface area contributed by atoms with Crippen LogP contribution in [-0.2, 0) is 4.74 Å². The monoisotopic (exact) mass is 306 g/mol. The lowest BCUT2D eigenvalue weighted by Gasteiger charge is -2.38. The van der Waals surface area contributed by atoms with Crippen LogP contribution in [-0.4, -0.2) is 39.6 Å². The summed E-state index contributed by atoms with van der Waals surface area (Å²) in [5.74, 6) is 0.0116. The molecule has 2 unspecified atom stereocenters. The standard InChI is InChI=1S/C16H22N2O4/c1-16(2,3)22-15(20)18-12-4-5-13(18)7-10(6-12)14(19)11-8-17-21-9-11/h8-10,12-13H,4-7H2,1-3H3. The van der Waals surface area contributed by atoms with E-state index in [0.717, 1.165) is 12.8 Å². The van der Waals surface area contributed by atoms with Gasteiger partial charge in [0.1, 0.15) is 11.9 Å². The number of hydrogen-bond donors (Lipinski definition) is 0. The van der Waals surface area contributed by atoms with Crippen molar-refractivity contribution in [1.29, 1.82) is 0 Å². The number of carbonyl (C=O) groups excluding carboxylic acids is 2. The maximum Gasteiger partial charge on any atom is 0.410 e. The summed E-state index contributed by atoms with van der Waals surface area (Å²) in [5, 5.41) is 3.59. The van der Waals surface area contributed by atoms with E-state index >= 15 is 0 Å². The maximum atomic E-state index is 12.5. The summed E-state index contributed by atoms with van der Waals surface area (Å²) in [4.78, 5) is 26.7. The third-order valence-electron chi connectivity index (χ3n) is 4.43. The first-order chi connectivity index (χ1) is 10.3. The van der Waals surface area contributed by atoms with E-state index < -0.39 is 5.60 Å². The number of aromatic nitrogens is 1. The second kappa shape index (κ2) is 5.41. The minimum atomic E-state index is -0.494. The summed E-state index contributed by atoms with van der Waals surface area (Å²) in [5.41, 5.74) is 0.0289. The predicted molar refractivity (Wildman–Crippen MR) is 78.4 cm³/mol. The minimum Gasteiger partial charge on any atom is -0.444 e. The lowest BCUT2D eigenvalue weighted by atomic mass is 9.86. The van der Waals surface area contributed by atoms with Crippen molar-refractivity contribution in [3.63, 3.8) is 0 Å². The number of hydrogen-bond acceptors (Lipinski definition) is 5.